The van der Waals surface area contributed by atoms with Crippen LogP contribution in [0.15, 0.2) is 48.8 Å². The van der Waals surface area contributed by atoms with Crippen LogP contribution < -0.4 is 10.1 Å². The molecule has 25 heavy (non-hydrogen) atoms. The molecule has 6 nitrogen and oxygen atoms in total. The number of amides is 1. The number of nitrogens with zero attached hydrogens (tertiary/aromatic N) is 2. The van der Waals surface area contributed by atoms with Crippen molar-refractivity contribution in [2.24, 2.45) is 0 Å². The molecule has 0 fully saturated rings. The fourth-order valence-electron chi connectivity index (χ4n) is 2.50. The van der Waals surface area contributed by atoms with Crippen LogP contribution in [0.2, 0.25) is 5.15 Å². The van der Waals surface area contributed by atoms with Crippen LogP contribution in [-0.2, 0) is 16.1 Å². The van der Waals surface area contributed by atoms with E-state index in [1.54, 1.807) is 19.2 Å². The van der Waals surface area contributed by atoms with E-state index < -0.39 is 0 Å². The number of methoxy groups -OCH3 is 1. The van der Waals surface area contributed by atoms with Gasteiger partial charge in [-0.3, -0.25) is 4.79 Å². The van der Waals surface area contributed by atoms with Crippen LogP contribution in [0.1, 0.15) is 0 Å². The van der Waals surface area contributed by atoms with E-state index in [0.717, 1.165) is 17.4 Å². The number of anilines is 1. The number of aromatic nitrogens is 2. The predicted molar refractivity (Wildman–Crippen MR) is 97.2 cm³/mol. The second-order valence-corrected chi connectivity index (χ2v) is 5.78. The minimum absolute atomic E-state index is 0.0923. The standard InChI is InChI=1S/C18H18ClN3O3/c1-24-10-9-22-8-7-14-15(22)3-2-4-16(14)25-12-18(23)21-13-5-6-17(19)20-11-13/h2-8,11H,9-10,12H2,1H3,(H,21,23). The minimum atomic E-state index is -0.264. The maximum absolute atomic E-state index is 12.0. The van der Waals surface area contributed by atoms with Gasteiger partial charge in [-0.25, -0.2) is 4.98 Å². The molecule has 2 heterocycles. The Morgan fingerprint density at radius 3 is 2.92 bits per heavy atom. The summed E-state index contributed by atoms with van der Waals surface area (Å²) in [5, 5.41) is 4.05. The number of carbonyl (C=O) groups is 1. The molecule has 3 rings (SSSR count). The Balaban J connectivity index is 1.65. The van der Waals surface area contributed by atoms with Crippen LogP contribution >= 0.6 is 11.6 Å². The number of fused-ring (bicyclic) bond motifs is 1. The normalized spacial score (nSPS) is 10.8. The van der Waals surface area contributed by atoms with Crippen LogP contribution in [0.3, 0.4) is 0 Å². The van der Waals surface area contributed by atoms with Crippen molar-refractivity contribution in [3.05, 3.63) is 53.9 Å². The molecule has 7 heteroatoms. The van der Waals surface area contributed by atoms with Crippen LogP contribution in [0.4, 0.5) is 5.69 Å². The quantitative estimate of drug-likeness (QED) is 0.657. The molecule has 0 spiro atoms. The van der Waals surface area contributed by atoms with Gasteiger partial charge in [0, 0.05) is 25.2 Å². The second kappa shape index (κ2) is 8.00. The molecule has 1 amide bonds. The third-order valence-corrected chi connectivity index (χ3v) is 3.90. The van der Waals surface area contributed by atoms with E-state index in [1.165, 1.54) is 6.20 Å². The molecule has 2 aromatic heterocycles. The number of hydrogen-bond donors (Lipinski definition) is 1. The second-order valence-electron chi connectivity index (χ2n) is 5.40. The number of benzene rings is 1. The van der Waals surface area contributed by atoms with Gasteiger partial charge in [0.25, 0.3) is 5.91 Å². The SMILES string of the molecule is COCCn1ccc2c(OCC(=O)Nc3ccc(Cl)nc3)cccc21. The molecule has 0 saturated carbocycles. The van der Waals surface area contributed by atoms with E-state index in [-0.39, 0.29) is 12.5 Å². The van der Waals surface area contributed by atoms with Gasteiger partial charge in [-0.15, -0.1) is 0 Å². The maximum Gasteiger partial charge on any atom is 0.262 e. The molecule has 3 aromatic rings. The summed E-state index contributed by atoms with van der Waals surface area (Å²) in [6.45, 7) is 1.30. The van der Waals surface area contributed by atoms with Crippen molar-refractivity contribution in [2.45, 2.75) is 6.54 Å². The number of halogens is 1. The smallest absolute Gasteiger partial charge is 0.262 e. The highest BCUT2D eigenvalue weighted by molar-refractivity contribution is 6.29. The van der Waals surface area contributed by atoms with E-state index in [2.05, 4.69) is 14.9 Å². The molecule has 0 atom stereocenters. The van der Waals surface area contributed by atoms with Crippen molar-refractivity contribution in [1.82, 2.24) is 9.55 Å². The summed E-state index contributed by atoms with van der Waals surface area (Å²) >= 11 is 5.72. The number of ether oxygens (including phenoxy) is 2. The topological polar surface area (TPSA) is 65.4 Å². The third-order valence-electron chi connectivity index (χ3n) is 3.68. The first kappa shape index (κ1) is 17.3. The first-order valence-electron chi connectivity index (χ1n) is 7.78. The van der Waals surface area contributed by atoms with Gasteiger partial charge >= 0.3 is 0 Å². The van der Waals surface area contributed by atoms with E-state index in [0.29, 0.717) is 23.2 Å². The molecule has 130 valence electrons. The molecular weight excluding hydrogens is 342 g/mol. The summed E-state index contributed by atoms with van der Waals surface area (Å²) in [5.74, 6) is 0.401. The lowest BCUT2D eigenvalue weighted by molar-refractivity contribution is -0.118. The first-order valence-corrected chi connectivity index (χ1v) is 8.16. The van der Waals surface area contributed by atoms with Gasteiger partial charge in [0.2, 0.25) is 0 Å². The van der Waals surface area contributed by atoms with Gasteiger partial charge < -0.3 is 19.4 Å². The lowest BCUT2D eigenvalue weighted by Gasteiger charge is -2.09. The third kappa shape index (κ3) is 4.29. The van der Waals surface area contributed by atoms with Crippen molar-refractivity contribution < 1.29 is 14.3 Å². The van der Waals surface area contributed by atoms with E-state index in [1.807, 2.05) is 30.5 Å². The highest BCUT2D eigenvalue weighted by Crippen LogP contribution is 2.26. The monoisotopic (exact) mass is 359 g/mol. The van der Waals surface area contributed by atoms with E-state index in [9.17, 15) is 4.79 Å². The molecule has 0 saturated heterocycles. The van der Waals surface area contributed by atoms with Crippen LogP contribution in [0, 0.1) is 0 Å². The summed E-state index contributed by atoms with van der Waals surface area (Å²) in [5.41, 5.74) is 1.61. The number of nitrogens with one attached hydrogen (secondary N) is 1. The predicted octanol–water partition coefficient (Wildman–Crippen LogP) is 3.35. The maximum atomic E-state index is 12.0. The molecule has 0 bridgehead atoms. The Hall–Kier alpha value is -2.57. The zero-order chi connectivity index (χ0) is 17.6. The van der Waals surface area contributed by atoms with E-state index in [4.69, 9.17) is 21.1 Å². The van der Waals surface area contributed by atoms with Crippen LogP contribution in [-0.4, -0.2) is 35.8 Å². The molecule has 1 N–H and O–H groups in total. The Bertz CT molecular complexity index is 862. The van der Waals surface area contributed by atoms with Gasteiger partial charge in [-0.1, -0.05) is 17.7 Å². The molecule has 0 radical (unpaired) electrons. The summed E-state index contributed by atoms with van der Waals surface area (Å²) in [4.78, 5) is 16.0. The van der Waals surface area contributed by atoms with Crippen LogP contribution in [0.25, 0.3) is 10.9 Å². The van der Waals surface area contributed by atoms with Gasteiger partial charge in [-0.05, 0) is 30.3 Å². The number of pyridine rings is 1. The van der Waals surface area contributed by atoms with Gasteiger partial charge in [-0.2, -0.15) is 0 Å². The Morgan fingerprint density at radius 2 is 2.16 bits per heavy atom. The zero-order valence-corrected chi connectivity index (χ0v) is 14.5. The number of carbonyl (C=O) groups excluding carboxylic acids is 1. The lowest BCUT2D eigenvalue weighted by atomic mass is 10.2. The van der Waals surface area contributed by atoms with E-state index >= 15 is 0 Å². The molecular formula is C18H18ClN3O3. The summed E-state index contributed by atoms with van der Waals surface area (Å²) in [6.07, 6.45) is 3.48. The largest absolute Gasteiger partial charge is 0.483 e. The number of rotatable bonds is 7. The van der Waals surface area contributed by atoms with Crippen molar-refractivity contribution in [2.75, 3.05) is 25.6 Å². The van der Waals surface area contributed by atoms with Crippen molar-refractivity contribution >= 4 is 34.1 Å². The minimum Gasteiger partial charge on any atom is -0.483 e. The van der Waals surface area contributed by atoms with Crippen molar-refractivity contribution in [1.29, 1.82) is 0 Å². The number of hydrogen-bond acceptors (Lipinski definition) is 4. The lowest BCUT2D eigenvalue weighted by Crippen LogP contribution is -2.20. The average Bonchev–Trinajstić information content (AvgIpc) is 3.04. The van der Waals surface area contributed by atoms with Crippen molar-refractivity contribution in [3.8, 4) is 5.75 Å². The first-order chi connectivity index (χ1) is 12.2. The molecule has 1 aromatic carbocycles. The van der Waals surface area contributed by atoms with Gasteiger partial charge in [0.1, 0.15) is 10.9 Å². The summed E-state index contributed by atoms with van der Waals surface area (Å²) in [6, 6.07) is 11.0. The summed E-state index contributed by atoms with van der Waals surface area (Å²) in [7, 11) is 1.68. The Kier molecular flexibility index (Phi) is 5.53. The zero-order valence-electron chi connectivity index (χ0n) is 13.7. The fourth-order valence-corrected chi connectivity index (χ4v) is 2.61. The van der Waals surface area contributed by atoms with Gasteiger partial charge in [0.15, 0.2) is 6.61 Å². The fraction of sp³-hybridized carbons (Fsp3) is 0.222. The highest BCUT2D eigenvalue weighted by atomic mass is 35.5. The Morgan fingerprint density at radius 1 is 1.28 bits per heavy atom. The van der Waals surface area contributed by atoms with Crippen molar-refractivity contribution in [3.63, 3.8) is 0 Å². The molecule has 0 aliphatic rings. The average molecular weight is 360 g/mol. The van der Waals surface area contributed by atoms with Crippen LogP contribution in [0.5, 0.6) is 5.75 Å². The summed E-state index contributed by atoms with van der Waals surface area (Å²) < 4.78 is 12.9. The van der Waals surface area contributed by atoms with Gasteiger partial charge in [0.05, 0.1) is 24.0 Å². The molecule has 0 unspecified atom stereocenters. The molecule has 0 aliphatic heterocycles. The molecule has 0 aliphatic carbocycles. The highest BCUT2D eigenvalue weighted by Gasteiger charge is 2.09. The Labute approximate surface area is 150 Å².